The van der Waals surface area contributed by atoms with Crippen LogP contribution in [0.5, 0.6) is 0 Å². The van der Waals surface area contributed by atoms with E-state index in [1.807, 2.05) is 0 Å². The summed E-state index contributed by atoms with van der Waals surface area (Å²) in [6.07, 6.45) is 1.20. The first kappa shape index (κ1) is 16.9. The van der Waals surface area contributed by atoms with Crippen molar-refractivity contribution in [2.24, 2.45) is 10.8 Å². The smallest absolute Gasteiger partial charge is 0.0243 e. The second-order valence-electron chi connectivity index (χ2n) is 7.63. The molecule has 2 heteroatoms. The molecule has 0 amide bonds. The Morgan fingerprint density at radius 2 is 1.59 bits per heavy atom. The molecule has 0 aliphatic carbocycles. The highest BCUT2D eigenvalue weighted by atomic mass is 15.1. The van der Waals surface area contributed by atoms with Crippen LogP contribution in [0, 0.1) is 10.8 Å². The van der Waals surface area contributed by atoms with Crippen LogP contribution in [0.4, 0.5) is 0 Å². The van der Waals surface area contributed by atoms with Crippen molar-refractivity contribution in [2.45, 2.75) is 60.9 Å². The monoisotopic (exact) mass is 242 g/mol. The summed E-state index contributed by atoms with van der Waals surface area (Å²) in [5, 5.41) is 3.68. The maximum Gasteiger partial charge on any atom is 0.0243 e. The highest BCUT2D eigenvalue weighted by molar-refractivity contribution is 4.83. The first-order valence-corrected chi connectivity index (χ1v) is 6.98. The fourth-order valence-corrected chi connectivity index (χ4v) is 2.15. The second kappa shape index (κ2) is 6.75. The molecule has 0 aromatic heterocycles. The average molecular weight is 242 g/mol. The van der Waals surface area contributed by atoms with E-state index in [4.69, 9.17) is 0 Å². The molecule has 0 bridgehead atoms. The lowest BCUT2D eigenvalue weighted by molar-refractivity contribution is 0.160. The number of likely N-dealkylation sites (N-methyl/N-ethyl adjacent to an activating group) is 1. The lowest BCUT2D eigenvalue weighted by Crippen LogP contribution is -2.49. The summed E-state index contributed by atoms with van der Waals surface area (Å²) in [6.45, 7) is 19.5. The molecule has 0 spiro atoms. The largest absolute Gasteiger partial charge is 0.312 e. The molecule has 17 heavy (non-hydrogen) atoms. The molecule has 0 heterocycles. The predicted octanol–water partition coefficient (Wildman–Crippen LogP) is 3.38. The molecule has 0 saturated heterocycles. The fraction of sp³-hybridized carbons (Fsp3) is 1.00. The lowest BCUT2D eigenvalue weighted by atomic mass is 9.86. The molecule has 104 valence electrons. The van der Waals surface area contributed by atoms with Crippen LogP contribution in [0.3, 0.4) is 0 Å². The van der Waals surface area contributed by atoms with Gasteiger partial charge in [0.2, 0.25) is 0 Å². The van der Waals surface area contributed by atoms with Gasteiger partial charge >= 0.3 is 0 Å². The third kappa shape index (κ3) is 8.62. The molecule has 0 radical (unpaired) electrons. The molecular formula is C15H34N2. The van der Waals surface area contributed by atoms with E-state index in [0.29, 0.717) is 16.9 Å². The summed E-state index contributed by atoms with van der Waals surface area (Å²) in [6, 6.07) is 0.565. The SMILES string of the molecule is CCCNC(CN(C)CC(C)(C)C)C(C)(C)C. The third-order valence-electron chi connectivity index (χ3n) is 2.92. The van der Waals surface area contributed by atoms with Crippen LogP contribution in [0.2, 0.25) is 0 Å². The first-order valence-electron chi connectivity index (χ1n) is 6.98. The van der Waals surface area contributed by atoms with Gasteiger partial charge in [-0.2, -0.15) is 0 Å². The van der Waals surface area contributed by atoms with Crippen molar-refractivity contribution < 1.29 is 0 Å². The van der Waals surface area contributed by atoms with Gasteiger partial charge < -0.3 is 10.2 Å². The molecule has 0 fully saturated rings. The molecule has 0 aromatic carbocycles. The summed E-state index contributed by atoms with van der Waals surface area (Å²) in [5.41, 5.74) is 0.698. The molecule has 0 aromatic rings. The van der Waals surface area contributed by atoms with Crippen LogP contribution in [-0.2, 0) is 0 Å². The molecule has 1 atom stereocenters. The maximum absolute atomic E-state index is 3.68. The number of rotatable bonds is 6. The zero-order chi connectivity index (χ0) is 13.7. The normalized spacial score (nSPS) is 15.4. The van der Waals surface area contributed by atoms with Gasteiger partial charge in [-0.1, -0.05) is 48.5 Å². The first-order chi connectivity index (χ1) is 7.56. The van der Waals surface area contributed by atoms with Crippen molar-refractivity contribution in [3.8, 4) is 0 Å². The summed E-state index contributed by atoms with van der Waals surface area (Å²) >= 11 is 0. The summed E-state index contributed by atoms with van der Waals surface area (Å²) in [4.78, 5) is 2.46. The van der Waals surface area contributed by atoms with Crippen molar-refractivity contribution >= 4 is 0 Å². The topological polar surface area (TPSA) is 15.3 Å². The number of nitrogens with one attached hydrogen (secondary N) is 1. The molecule has 0 rings (SSSR count). The van der Waals surface area contributed by atoms with Crippen molar-refractivity contribution in [3.05, 3.63) is 0 Å². The molecule has 0 aliphatic heterocycles. The third-order valence-corrected chi connectivity index (χ3v) is 2.92. The lowest BCUT2D eigenvalue weighted by Gasteiger charge is -2.36. The van der Waals surface area contributed by atoms with E-state index in [2.05, 4.69) is 65.7 Å². The summed E-state index contributed by atoms with van der Waals surface area (Å²) in [7, 11) is 2.23. The predicted molar refractivity (Wildman–Crippen MR) is 78.5 cm³/mol. The van der Waals surface area contributed by atoms with E-state index in [0.717, 1.165) is 19.6 Å². The molecule has 2 nitrogen and oxygen atoms in total. The van der Waals surface area contributed by atoms with Gasteiger partial charge in [0.1, 0.15) is 0 Å². The minimum Gasteiger partial charge on any atom is -0.312 e. The Balaban J connectivity index is 4.33. The number of hydrogen-bond acceptors (Lipinski definition) is 2. The van der Waals surface area contributed by atoms with Gasteiger partial charge in [-0.05, 0) is 30.8 Å². The molecule has 0 aliphatic rings. The zero-order valence-electron chi connectivity index (χ0n) is 13.4. The van der Waals surface area contributed by atoms with Crippen LogP contribution in [0.25, 0.3) is 0 Å². The Morgan fingerprint density at radius 1 is 1.06 bits per heavy atom. The van der Waals surface area contributed by atoms with Crippen LogP contribution in [0.1, 0.15) is 54.9 Å². The number of nitrogens with zero attached hydrogens (tertiary/aromatic N) is 1. The van der Waals surface area contributed by atoms with Gasteiger partial charge in [-0.3, -0.25) is 0 Å². The Morgan fingerprint density at radius 3 is 1.94 bits per heavy atom. The minimum absolute atomic E-state index is 0.321. The number of hydrogen-bond donors (Lipinski definition) is 1. The van der Waals surface area contributed by atoms with Crippen LogP contribution >= 0.6 is 0 Å². The molecule has 0 saturated carbocycles. The van der Waals surface area contributed by atoms with Crippen molar-refractivity contribution in [2.75, 3.05) is 26.7 Å². The van der Waals surface area contributed by atoms with Gasteiger partial charge in [-0.15, -0.1) is 0 Å². The van der Waals surface area contributed by atoms with Crippen molar-refractivity contribution in [1.82, 2.24) is 10.2 Å². The minimum atomic E-state index is 0.321. The van der Waals surface area contributed by atoms with Crippen LogP contribution in [-0.4, -0.2) is 37.6 Å². The highest BCUT2D eigenvalue weighted by Gasteiger charge is 2.26. The van der Waals surface area contributed by atoms with Gasteiger partial charge in [0, 0.05) is 19.1 Å². The summed E-state index contributed by atoms with van der Waals surface area (Å²) < 4.78 is 0. The highest BCUT2D eigenvalue weighted by Crippen LogP contribution is 2.21. The van der Waals surface area contributed by atoms with Gasteiger partial charge in [0.15, 0.2) is 0 Å². The summed E-state index contributed by atoms with van der Waals surface area (Å²) in [5.74, 6) is 0. The average Bonchev–Trinajstić information content (AvgIpc) is 2.07. The quantitative estimate of drug-likeness (QED) is 0.768. The Hall–Kier alpha value is -0.0800. The van der Waals surface area contributed by atoms with E-state index >= 15 is 0 Å². The fourth-order valence-electron chi connectivity index (χ4n) is 2.15. The van der Waals surface area contributed by atoms with E-state index in [1.54, 1.807) is 0 Å². The Labute approximate surface area is 109 Å². The van der Waals surface area contributed by atoms with E-state index < -0.39 is 0 Å². The molecular weight excluding hydrogens is 208 g/mol. The van der Waals surface area contributed by atoms with E-state index in [9.17, 15) is 0 Å². The Bertz CT molecular complexity index is 198. The van der Waals surface area contributed by atoms with Gasteiger partial charge in [-0.25, -0.2) is 0 Å². The Kier molecular flexibility index (Phi) is 6.71. The maximum atomic E-state index is 3.68. The van der Waals surface area contributed by atoms with E-state index in [-0.39, 0.29) is 0 Å². The van der Waals surface area contributed by atoms with E-state index in [1.165, 1.54) is 6.42 Å². The van der Waals surface area contributed by atoms with Crippen LogP contribution < -0.4 is 5.32 Å². The van der Waals surface area contributed by atoms with Gasteiger partial charge in [0.25, 0.3) is 0 Å². The molecule has 1 N–H and O–H groups in total. The molecule has 1 unspecified atom stereocenters. The zero-order valence-corrected chi connectivity index (χ0v) is 13.4. The van der Waals surface area contributed by atoms with Crippen molar-refractivity contribution in [1.29, 1.82) is 0 Å². The van der Waals surface area contributed by atoms with Gasteiger partial charge in [0.05, 0.1) is 0 Å². The van der Waals surface area contributed by atoms with Crippen molar-refractivity contribution in [3.63, 3.8) is 0 Å². The second-order valence-corrected chi connectivity index (χ2v) is 7.63. The standard InChI is InChI=1S/C15H34N2/c1-9-10-16-13(15(5,6)7)11-17(8)12-14(2,3)4/h13,16H,9-12H2,1-8H3. The van der Waals surface area contributed by atoms with Crippen LogP contribution in [0.15, 0.2) is 0 Å².